The standard InChI is InChI=1S/C23H26N2O6/c1-14(2)24-23(28)15(3)25-19-10-16(8-9-21(19)31-13-22(25)27)20(26)12-30-18-7-5-6-17(11-18)29-4/h5-11,14-15H,12-13H2,1-4H3,(H,24,28). The third kappa shape index (κ3) is 5.14. The zero-order valence-corrected chi connectivity index (χ0v) is 18.0. The molecule has 1 unspecified atom stereocenters. The molecule has 1 heterocycles. The van der Waals surface area contributed by atoms with E-state index in [-0.39, 0.29) is 36.9 Å². The van der Waals surface area contributed by atoms with E-state index in [9.17, 15) is 14.4 Å². The molecule has 1 atom stereocenters. The molecule has 2 aromatic rings. The second-order valence-corrected chi connectivity index (χ2v) is 7.47. The molecule has 1 N–H and O–H groups in total. The molecule has 1 aliphatic rings. The molecule has 2 amide bonds. The Labute approximate surface area is 181 Å². The quantitative estimate of drug-likeness (QED) is 0.652. The number of ketones is 1. The van der Waals surface area contributed by atoms with Crippen molar-refractivity contribution in [3.63, 3.8) is 0 Å². The first-order valence-corrected chi connectivity index (χ1v) is 9.99. The summed E-state index contributed by atoms with van der Waals surface area (Å²) in [6.07, 6.45) is 0. The van der Waals surface area contributed by atoms with Crippen molar-refractivity contribution in [2.45, 2.75) is 32.9 Å². The van der Waals surface area contributed by atoms with Gasteiger partial charge in [0.15, 0.2) is 19.0 Å². The number of carbonyl (C=O) groups is 3. The molecule has 0 fully saturated rings. The first-order valence-electron chi connectivity index (χ1n) is 9.99. The second-order valence-electron chi connectivity index (χ2n) is 7.47. The topological polar surface area (TPSA) is 94.2 Å². The Bertz CT molecular complexity index is 988. The highest BCUT2D eigenvalue weighted by molar-refractivity contribution is 6.05. The number of methoxy groups -OCH3 is 1. The summed E-state index contributed by atoms with van der Waals surface area (Å²) in [5.74, 6) is 0.658. The van der Waals surface area contributed by atoms with Crippen molar-refractivity contribution in [3.05, 3.63) is 48.0 Å². The van der Waals surface area contributed by atoms with Crippen LogP contribution in [0.2, 0.25) is 0 Å². The molecule has 0 aromatic heterocycles. The number of anilines is 1. The van der Waals surface area contributed by atoms with Gasteiger partial charge in [-0.15, -0.1) is 0 Å². The van der Waals surface area contributed by atoms with Crippen LogP contribution in [0.15, 0.2) is 42.5 Å². The Kier molecular flexibility index (Phi) is 6.79. The van der Waals surface area contributed by atoms with E-state index in [1.165, 1.54) is 4.90 Å². The first kappa shape index (κ1) is 22.1. The third-order valence-electron chi connectivity index (χ3n) is 4.77. The maximum Gasteiger partial charge on any atom is 0.265 e. The van der Waals surface area contributed by atoms with Crippen molar-refractivity contribution in [1.29, 1.82) is 0 Å². The van der Waals surface area contributed by atoms with Crippen molar-refractivity contribution in [1.82, 2.24) is 5.32 Å². The van der Waals surface area contributed by atoms with Gasteiger partial charge >= 0.3 is 0 Å². The minimum Gasteiger partial charge on any atom is -0.497 e. The lowest BCUT2D eigenvalue weighted by atomic mass is 10.1. The monoisotopic (exact) mass is 426 g/mol. The van der Waals surface area contributed by atoms with Crippen molar-refractivity contribution < 1.29 is 28.6 Å². The number of hydrogen-bond acceptors (Lipinski definition) is 6. The minimum atomic E-state index is -0.754. The predicted molar refractivity (Wildman–Crippen MR) is 115 cm³/mol. The van der Waals surface area contributed by atoms with E-state index in [1.807, 2.05) is 13.8 Å². The van der Waals surface area contributed by atoms with Crippen molar-refractivity contribution in [3.8, 4) is 17.2 Å². The van der Waals surface area contributed by atoms with Crippen LogP contribution in [-0.4, -0.2) is 50.0 Å². The minimum absolute atomic E-state index is 0.0627. The molecule has 164 valence electrons. The van der Waals surface area contributed by atoms with Gasteiger partial charge in [-0.05, 0) is 51.1 Å². The van der Waals surface area contributed by atoms with E-state index in [4.69, 9.17) is 14.2 Å². The molecular weight excluding hydrogens is 400 g/mol. The van der Waals surface area contributed by atoms with Gasteiger partial charge in [-0.3, -0.25) is 19.3 Å². The fourth-order valence-electron chi connectivity index (χ4n) is 3.21. The molecule has 31 heavy (non-hydrogen) atoms. The summed E-state index contributed by atoms with van der Waals surface area (Å²) < 4.78 is 16.2. The van der Waals surface area contributed by atoms with Crippen LogP contribution >= 0.6 is 0 Å². The normalized spacial score (nSPS) is 13.8. The number of hydrogen-bond donors (Lipinski definition) is 1. The summed E-state index contributed by atoms with van der Waals surface area (Å²) in [4.78, 5) is 39.1. The number of carbonyl (C=O) groups excluding carboxylic acids is 3. The molecule has 1 aliphatic heterocycles. The molecule has 2 aromatic carbocycles. The average Bonchev–Trinajstić information content (AvgIpc) is 2.76. The summed E-state index contributed by atoms with van der Waals surface area (Å²) in [6.45, 7) is 4.98. The molecular formula is C23H26N2O6. The Morgan fingerprint density at radius 3 is 2.58 bits per heavy atom. The number of nitrogens with one attached hydrogen (secondary N) is 1. The lowest BCUT2D eigenvalue weighted by molar-refractivity contribution is -0.127. The van der Waals surface area contributed by atoms with E-state index >= 15 is 0 Å². The summed E-state index contributed by atoms with van der Waals surface area (Å²) in [6, 6.07) is 10.9. The number of rotatable bonds is 8. The van der Waals surface area contributed by atoms with Gasteiger partial charge in [0.25, 0.3) is 5.91 Å². The van der Waals surface area contributed by atoms with Crippen LogP contribution in [0.1, 0.15) is 31.1 Å². The number of benzene rings is 2. The maximum absolute atomic E-state index is 12.7. The maximum atomic E-state index is 12.7. The average molecular weight is 426 g/mol. The van der Waals surface area contributed by atoms with Crippen molar-refractivity contribution >= 4 is 23.3 Å². The van der Waals surface area contributed by atoms with Gasteiger partial charge in [0.2, 0.25) is 5.91 Å². The lowest BCUT2D eigenvalue weighted by Gasteiger charge is -2.33. The SMILES string of the molecule is COc1cccc(OCC(=O)c2ccc3c(c2)N(C(C)C(=O)NC(C)C)C(=O)CO3)c1. The highest BCUT2D eigenvalue weighted by Crippen LogP contribution is 2.34. The molecule has 0 bridgehead atoms. The van der Waals surface area contributed by atoms with Crippen LogP contribution in [-0.2, 0) is 9.59 Å². The van der Waals surface area contributed by atoms with Crippen LogP contribution in [0.25, 0.3) is 0 Å². The van der Waals surface area contributed by atoms with E-state index in [0.717, 1.165) is 0 Å². The van der Waals surface area contributed by atoms with Gasteiger partial charge < -0.3 is 19.5 Å². The fourth-order valence-corrected chi connectivity index (χ4v) is 3.21. The molecule has 0 radical (unpaired) electrons. The summed E-state index contributed by atoms with van der Waals surface area (Å²) in [5, 5.41) is 2.81. The van der Waals surface area contributed by atoms with E-state index in [1.54, 1.807) is 56.5 Å². The molecule has 0 saturated heterocycles. The van der Waals surface area contributed by atoms with E-state index < -0.39 is 6.04 Å². The fraction of sp³-hybridized carbons (Fsp3) is 0.348. The zero-order valence-electron chi connectivity index (χ0n) is 18.0. The van der Waals surface area contributed by atoms with Crippen molar-refractivity contribution in [2.24, 2.45) is 0 Å². The Morgan fingerprint density at radius 2 is 1.87 bits per heavy atom. The molecule has 8 heteroatoms. The number of fused-ring (bicyclic) bond motifs is 1. The molecule has 3 rings (SSSR count). The lowest BCUT2D eigenvalue weighted by Crippen LogP contribution is -2.52. The molecule has 0 aliphatic carbocycles. The highest BCUT2D eigenvalue weighted by atomic mass is 16.5. The van der Waals surface area contributed by atoms with Gasteiger partial charge in [-0.2, -0.15) is 0 Å². The summed E-state index contributed by atoms with van der Waals surface area (Å²) in [7, 11) is 1.55. The smallest absolute Gasteiger partial charge is 0.265 e. The van der Waals surface area contributed by atoms with Gasteiger partial charge in [-0.25, -0.2) is 0 Å². The Hall–Kier alpha value is -3.55. The molecule has 8 nitrogen and oxygen atoms in total. The van der Waals surface area contributed by atoms with Gasteiger partial charge in [0.1, 0.15) is 23.3 Å². The van der Waals surface area contributed by atoms with Crippen LogP contribution in [0, 0.1) is 0 Å². The van der Waals surface area contributed by atoms with Crippen LogP contribution in [0.5, 0.6) is 17.2 Å². The molecule has 0 spiro atoms. The van der Waals surface area contributed by atoms with Crippen molar-refractivity contribution in [2.75, 3.05) is 25.2 Å². The largest absolute Gasteiger partial charge is 0.497 e. The van der Waals surface area contributed by atoms with E-state index in [0.29, 0.717) is 28.5 Å². The first-order chi connectivity index (χ1) is 14.8. The number of ether oxygens (including phenoxy) is 3. The van der Waals surface area contributed by atoms with Gasteiger partial charge in [0, 0.05) is 17.7 Å². The number of nitrogens with zero attached hydrogens (tertiary/aromatic N) is 1. The molecule has 0 saturated carbocycles. The van der Waals surface area contributed by atoms with Gasteiger partial charge in [-0.1, -0.05) is 6.07 Å². The van der Waals surface area contributed by atoms with Crippen LogP contribution in [0.4, 0.5) is 5.69 Å². The third-order valence-corrected chi connectivity index (χ3v) is 4.77. The Morgan fingerprint density at radius 1 is 1.13 bits per heavy atom. The summed E-state index contributed by atoms with van der Waals surface area (Å²) >= 11 is 0. The Balaban J connectivity index is 1.80. The predicted octanol–water partition coefficient (Wildman–Crippen LogP) is 2.60. The number of amides is 2. The number of Topliss-reactive ketones (excluding diaryl/α,β-unsaturated/α-hetero) is 1. The highest BCUT2D eigenvalue weighted by Gasteiger charge is 2.33. The summed E-state index contributed by atoms with van der Waals surface area (Å²) in [5.41, 5.74) is 0.733. The second kappa shape index (κ2) is 9.51. The van der Waals surface area contributed by atoms with E-state index in [2.05, 4.69) is 5.32 Å². The zero-order chi connectivity index (χ0) is 22.5. The van der Waals surface area contributed by atoms with Crippen LogP contribution in [0.3, 0.4) is 0 Å². The van der Waals surface area contributed by atoms with Crippen LogP contribution < -0.4 is 24.4 Å². The van der Waals surface area contributed by atoms with Gasteiger partial charge in [0.05, 0.1) is 12.8 Å².